The molecular weight excluding hydrogens is 370 g/mol. The molecule has 3 N–H and O–H groups in total. The van der Waals surface area contributed by atoms with Crippen LogP contribution in [0.15, 0.2) is 42.5 Å². The fraction of sp³-hybridized carbons (Fsp3) is 0.227. The van der Waals surface area contributed by atoms with Crippen molar-refractivity contribution in [1.82, 2.24) is 9.78 Å². The van der Waals surface area contributed by atoms with Crippen LogP contribution in [0.4, 0.5) is 5.69 Å². The molecule has 1 aromatic heterocycles. The van der Waals surface area contributed by atoms with Crippen LogP contribution in [0.3, 0.4) is 0 Å². The van der Waals surface area contributed by atoms with Crippen LogP contribution < -0.4 is 5.32 Å². The second-order valence-electron chi connectivity index (χ2n) is 7.14. The third-order valence-electron chi connectivity index (χ3n) is 5.28. The number of aromatic carboxylic acids is 1. The Morgan fingerprint density at radius 3 is 2.76 bits per heavy atom. The Kier molecular flexibility index (Phi) is 4.80. The van der Waals surface area contributed by atoms with Gasteiger partial charge < -0.3 is 15.5 Å². The van der Waals surface area contributed by atoms with Crippen molar-refractivity contribution in [1.29, 1.82) is 0 Å². The number of nitrogens with one attached hydrogen (secondary N) is 1. The number of carboxylic acids is 1. The molecule has 0 radical (unpaired) electrons. The van der Waals surface area contributed by atoms with Gasteiger partial charge in [0.2, 0.25) is 5.91 Å². The molecule has 4 rings (SSSR count). The molecule has 148 valence electrons. The first-order chi connectivity index (χ1) is 13.9. The van der Waals surface area contributed by atoms with Crippen LogP contribution in [0, 0.1) is 0 Å². The summed E-state index contributed by atoms with van der Waals surface area (Å²) < 4.78 is 1.81. The van der Waals surface area contributed by atoms with Crippen LogP contribution in [-0.2, 0) is 31.1 Å². The monoisotopic (exact) mass is 391 g/mol. The van der Waals surface area contributed by atoms with E-state index in [9.17, 15) is 19.8 Å². The summed E-state index contributed by atoms with van der Waals surface area (Å²) in [6.45, 7) is 0. The zero-order valence-electron chi connectivity index (χ0n) is 16.0. The number of hydrogen-bond acceptors (Lipinski definition) is 4. The normalized spacial score (nSPS) is 12.2. The maximum absolute atomic E-state index is 12.4. The number of phenolic OH excluding ortho intramolecular Hbond substituents is 1. The minimum Gasteiger partial charge on any atom is -0.508 e. The number of amides is 1. The fourth-order valence-corrected chi connectivity index (χ4v) is 3.90. The van der Waals surface area contributed by atoms with Gasteiger partial charge in [0.05, 0.1) is 16.9 Å². The van der Waals surface area contributed by atoms with Gasteiger partial charge in [-0.05, 0) is 55.2 Å². The molecule has 7 heteroatoms. The molecule has 0 unspecified atom stereocenters. The van der Waals surface area contributed by atoms with E-state index in [1.165, 1.54) is 6.07 Å². The average molecular weight is 391 g/mol. The highest BCUT2D eigenvalue weighted by Gasteiger charge is 2.24. The fourth-order valence-electron chi connectivity index (χ4n) is 3.90. The van der Waals surface area contributed by atoms with E-state index in [2.05, 4.69) is 10.4 Å². The highest BCUT2D eigenvalue weighted by molar-refractivity contribution is 6.00. The number of nitrogens with zero attached hydrogens (tertiary/aromatic N) is 2. The van der Waals surface area contributed by atoms with Gasteiger partial charge in [-0.1, -0.05) is 12.1 Å². The number of carboxylic acid groups (broad SMARTS) is 1. The quantitative estimate of drug-likeness (QED) is 0.620. The van der Waals surface area contributed by atoms with Crippen LogP contribution in [0.25, 0.3) is 11.3 Å². The summed E-state index contributed by atoms with van der Waals surface area (Å²) in [5, 5.41) is 26.3. The van der Waals surface area contributed by atoms with Crippen molar-refractivity contribution in [3.63, 3.8) is 0 Å². The Morgan fingerprint density at radius 2 is 1.97 bits per heavy atom. The first kappa shape index (κ1) is 18.7. The Bertz CT molecular complexity index is 1120. The first-order valence-electron chi connectivity index (χ1n) is 9.43. The summed E-state index contributed by atoms with van der Waals surface area (Å²) in [6, 6.07) is 11.7. The Morgan fingerprint density at radius 1 is 1.17 bits per heavy atom. The third-order valence-corrected chi connectivity index (χ3v) is 5.28. The lowest BCUT2D eigenvalue weighted by molar-refractivity contribution is -0.116. The SMILES string of the molecule is Cn1nc2c(c1CCC(=O)Nc1ccccc1C(=O)O)CCc1cc(O)ccc1-2. The van der Waals surface area contributed by atoms with Crippen molar-refractivity contribution in [3.05, 3.63) is 64.8 Å². The van der Waals surface area contributed by atoms with E-state index in [1.54, 1.807) is 30.3 Å². The number of aromatic hydroxyl groups is 1. The summed E-state index contributed by atoms with van der Waals surface area (Å²) in [7, 11) is 1.87. The number of aryl methyl sites for hydroxylation is 2. The number of hydrogen-bond donors (Lipinski definition) is 3. The minimum atomic E-state index is -1.08. The van der Waals surface area contributed by atoms with Gasteiger partial charge >= 0.3 is 5.97 Å². The number of benzene rings is 2. The molecular formula is C22H21N3O4. The summed E-state index contributed by atoms with van der Waals surface area (Å²) in [4.78, 5) is 23.7. The second kappa shape index (κ2) is 7.43. The van der Waals surface area contributed by atoms with Crippen LogP contribution in [-0.4, -0.2) is 31.9 Å². The largest absolute Gasteiger partial charge is 0.508 e. The molecule has 1 amide bonds. The molecule has 1 aliphatic carbocycles. The topological polar surface area (TPSA) is 104 Å². The van der Waals surface area contributed by atoms with Crippen LogP contribution >= 0.6 is 0 Å². The molecule has 0 spiro atoms. The summed E-state index contributed by atoms with van der Waals surface area (Å²) in [5.41, 5.74) is 5.49. The van der Waals surface area contributed by atoms with Crippen LogP contribution in [0.5, 0.6) is 5.75 Å². The van der Waals surface area contributed by atoms with Gasteiger partial charge in [-0.3, -0.25) is 9.48 Å². The van der Waals surface area contributed by atoms with Crippen molar-refractivity contribution in [2.24, 2.45) is 7.05 Å². The maximum Gasteiger partial charge on any atom is 0.337 e. The summed E-state index contributed by atoms with van der Waals surface area (Å²) >= 11 is 0. The van der Waals surface area contributed by atoms with Gasteiger partial charge in [0.15, 0.2) is 0 Å². The number of rotatable bonds is 5. The average Bonchev–Trinajstić information content (AvgIpc) is 3.01. The van der Waals surface area contributed by atoms with E-state index in [0.717, 1.165) is 40.9 Å². The molecule has 3 aromatic rings. The molecule has 29 heavy (non-hydrogen) atoms. The van der Waals surface area contributed by atoms with Gasteiger partial charge in [0.1, 0.15) is 5.75 Å². The van der Waals surface area contributed by atoms with E-state index in [4.69, 9.17) is 0 Å². The molecule has 1 aliphatic rings. The molecule has 0 saturated heterocycles. The summed E-state index contributed by atoms with van der Waals surface area (Å²) in [5.74, 6) is -1.07. The zero-order valence-corrected chi connectivity index (χ0v) is 16.0. The predicted molar refractivity (Wildman–Crippen MR) is 108 cm³/mol. The van der Waals surface area contributed by atoms with Gasteiger partial charge in [-0.2, -0.15) is 5.10 Å². The molecule has 0 fully saturated rings. The molecule has 1 heterocycles. The smallest absolute Gasteiger partial charge is 0.337 e. The number of carbonyl (C=O) groups is 2. The van der Waals surface area contributed by atoms with Gasteiger partial charge in [-0.15, -0.1) is 0 Å². The standard InChI is InChI=1S/C22H21N3O4/c1-25-19(10-11-20(27)23-18-5-3-2-4-16(18)22(28)29)17-8-6-13-12-14(26)7-9-15(13)21(17)24-25/h2-5,7,9,12,26H,6,8,10-11H2,1H3,(H,23,27)(H,28,29). The van der Waals surface area contributed by atoms with Crippen molar-refractivity contribution in [3.8, 4) is 17.0 Å². The van der Waals surface area contributed by atoms with Gasteiger partial charge in [0.25, 0.3) is 0 Å². The van der Waals surface area contributed by atoms with Crippen LogP contribution in [0.1, 0.15) is 33.6 Å². The highest BCUT2D eigenvalue weighted by atomic mass is 16.4. The zero-order chi connectivity index (χ0) is 20.5. The Hall–Kier alpha value is -3.61. The number of anilines is 1. The predicted octanol–water partition coefficient (Wildman–Crippen LogP) is 3.16. The van der Waals surface area contributed by atoms with E-state index in [0.29, 0.717) is 12.1 Å². The summed E-state index contributed by atoms with van der Waals surface area (Å²) in [6.07, 6.45) is 2.35. The van der Waals surface area contributed by atoms with Crippen molar-refractivity contribution in [2.45, 2.75) is 25.7 Å². The van der Waals surface area contributed by atoms with Crippen molar-refractivity contribution < 1.29 is 19.8 Å². The van der Waals surface area contributed by atoms with E-state index >= 15 is 0 Å². The highest BCUT2D eigenvalue weighted by Crippen LogP contribution is 2.36. The lowest BCUT2D eigenvalue weighted by Gasteiger charge is -2.16. The van der Waals surface area contributed by atoms with E-state index in [-0.39, 0.29) is 23.6 Å². The molecule has 0 atom stereocenters. The van der Waals surface area contributed by atoms with Gasteiger partial charge in [-0.25, -0.2) is 4.79 Å². The maximum atomic E-state index is 12.4. The first-order valence-corrected chi connectivity index (χ1v) is 9.43. The molecule has 0 aliphatic heterocycles. The lowest BCUT2D eigenvalue weighted by atomic mass is 9.88. The van der Waals surface area contributed by atoms with Crippen molar-refractivity contribution in [2.75, 3.05) is 5.32 Å². The Labute approximate surface area is 167 Å². The number of carbonyl (C=O) groups excluding carboxylic acids is 1. The second-order valence-corrected chi connectivity index (χ2v) is 7.14. The Balaban J connectivity index is 1.51. The molecule has 7 nitrogen and oxygen atoms in total. The minimum absolute atomic E-state index is 0.0682. The lowest BCUT2D eigenvalue weighted by Crippen LogP contribution is -2.16. The number of fused-ring (bicyclic) bond motifs is 3. The molecule has 2 aromatic carbocycles. The van der Waals surface area contributed by atoms with Crippen LogP contribution in [0.2, 0.25) is 0 Å². The number of phenols is 1. The molecule has 0 saturated carbocycles. The third kappa shape index (κ3) is 3.59. The van der Waals surface area contributed by atoms with Gasteiger partial charge in [0, 0.05) is 30.3 Å². The number of para-hydroxylation sites is 1. The van der Waals surface area contributed by atoms with Crippen molar-refractivity contribution >= 4 is 17.6 Å². The van der Waals surface area contributed by atoms with E-state index in [1.807, 2.05) is 17.8 Å². The number of aromatic nitrogens is 2. The van der Waals surface area contributed by atoms with E-state index < -0.39 is 5.97 Å². The molecule has 0 bridgehead atoms.